The number of aryl methyl sites for hydroxylation is 1. The lowest BCUT2D eigenvalue weighted by Crippen LogP contribution is -2.50. The predicted molar refractivity (Wildman–Crippen MR) is 108 cm³/mol. The molecule has 0 bridgehead atoms. The van der Waals surface area contributed by atoms with Crippen LogP contribution in [0.3, 0.4) is 0 Å². The average Bonchev–Trinajstić information content (AvgIpc) is 2.77. The maximum absolute atomic E-state index is 12.7. The second-order valence-corrected chi connectivity index (χ2v) is 7.74. The number of rotatable bonds is 4. The number of pyridine rings is 1. The van der Waals surface area contributed by atoms with Crippen LogP contribution in [0, 0.1) is 0 Å². The van der Waals surface area contributed by atoms with Gasteiger partial charge in [-0.05, 0) is 43.9 Å². The van der Waals surface area contributed by atoms with E-state index in [-0.39, 0.29) is 17.6 Å². The predicted octanol–water partition coefficient (Wildman–Crippen LogP) is 1.32. The Morgan fingerprint density at radius 3 is 2.34 bits per heavy atom. The highest BCUT2D eigenvalue weighted by Crippen LogP contribution is 2.24. The van der Waals surface area contributed by atoms with Crippen LogP contribution in [0.5, 0.6) is 5.75 Å². The van der Waals surface area contributed by atoms with E-state index in [0.717, 1.165) is 57.6 Å². The Morgan fingerprint density at radius 1 is 1.00 bits per heavy atom. The third-order valence-corrected chi connectivity index (χ3v) is 5.88. The van der Waals surface area contributed by atoms with Crippen molar-refractivity contribution in [2.24, 2.45) is 7.05 Å². The summed E-state index contributed by atoms with van der Waals surface area (Å²) < 4.78 is 7.26. The minimum absolute atomic E-state index is 0.0940. The summed E-state index contributed by atoms with van der Waals surface area (Å²) in [6.07, 6.45) is 7.73. The topological polar surface area (TPSA) is 80.6 Å². The molecule has 0 radical (unpaired) electrons. The molecule has 0 aliphatic carbocycles. The van der Waals surface area contributed by atoms with Crippen molar-refractivity contribution in [2.45, 2.75) is 37.8 Å². The van der Waals surface area contributed by atoms with Gasteiger partial charge >= 0.3 is 0 Å². The highest BCUT2D eigenvalue weighted by atomic mass is 16.5. The first-order valence-electron chi connectivity index (χ1n) is 10.2. The fourth-order valence-corrected chi connectivity index (χ4v) is 4.18. The number of hydrogen-bond acceptors (Lipinski definition) is 6. The summed E-state index contributed by atoms with van der Waals surface area (Å²) in [6, 6.07) is 7.22. The van der Waals surface area contributed by atoms with E-state index in [2.05, 4.69) is 15.0 Å². The number of nitrogens with zero attached hydrogens (tertiary/aromatic N) is 5. The zero-order valence-corrected chi connectivity index (χ0v) is 16.7. The zero-order chi connectivity index (χ0) is 20.2. The normalized spacial score (nSPS) is 19.3. The summed E-state index contributed by atoms with van der Waals surface area (Å²) in [5, 5.41) is 4.08. The number of likely N-dealkylation sites (tertiary alicyclic amines) is 2. The maximum atomic E-state index is 12.7. The van der Waals surface area contributed by atoms with Crippen LogP contribution >= 0.6 is 0 Å². The fourth-order valence-electron chi connectivity index (χ4n) is 4.18. The van der Waals surface area contributed by atoms with Crippen LogP contribution in [0.25, 0.3) is 0 Å². The summed E-state index contributed by atoms with van der Waals surface area (Å²) in [6.45, 7) is 3.50. The second-order valence-electron chi connectivity index (χ2n) is 7.74. The molecule has 154 valence electrons. The number of aromatic nitrogens is 3. The smallest absolute Gasteiger partial charge is 0.274 e. The van der Waals surface area contributed by atoms with Crippen molar-refractivity contribution in [3.8, 4) is 5.75 Å². The van der Waals surface area contributed by atoms with Gasteiger partial charge in [-0.15, -0.1) is 0 Å². The summed E-state index contributed by atoms with van der Waals surface area (Å²) in [5.41, 5.74) is 0.121. The lowest BCUT2D eigenvalue weighted by atomic mass is 9.98. The van der Waals surface area contributed by atoms with Gasteiger partial charge in [-0.3, -0.25) is 19.5 Å². The van der Waals surface area contributed by atoms with Crippen LogP contribution in [0.15, 0.2) is 41.5 Å². The molecule has 0 atom stereocenters. The van der Waals surface area contributed by atoms with Crippen molar-refractivity contribution in [1.82, 2.24) is 24.6 Å². The standard InChI is InChI=1S/C21H27N5O3/c1-24-20(27)3-2-19(23-24)21(28)26-12-6-16(7-13-26)25-14-8-18(9-15-25)29-17-4-10-22-11-5-17/h2-5,10-11,16,18H,6-9,12-15H2,1H3. The third kappa shape index (κ3) is 4.64. The highest BCUT2D eigenvalue weighted by molar-refractivity contribution is 5.92. The molecule has 4 rings (SSSR count). The van der Waals surface area contributed by atoms with E-state index in [9.17, 15) is 9.59 Å². The molecule has 8 nitrogen and oxygen atoms in total. The van der Waals surface area contributed by atoms with Crippen LogP contribution < -0.4 is 10.3 Å². The molecular formula is C21H27N5O3. The number of piperidine rings is 2. The zero-order valence-electron chi connectivity index (χ0n) is 16.7. The Balaban J connectivity index is 1.25. The monoisotopic (exact) mass is 397 g/mol. The van der Waals surface area contributed by atoms with Crippen molar-refractivity contribution in [3.63, 3.8) is 0 Å². The van der Waals surface area contributed by atoms with Crippen molar-refractivity contribution in [1.29, 1.82) is 0 Å². The van der Waals surface area contributed by atoms with E-state index < -0.39 is 0 Å². The molecule has 8 heteroatoms. The minimum Gasteiger partial charge on any atom is -0.490 e. The van der Waals surface area contributed by atoms with Gasteiger partial charge in [0, 0.05) is 57.7 Å². The van der Waals surface area contributed by atoms with Crippen molar-refractivity contribution in [2.75, 3.05) is 26.2 Å². The van der Waals surface area contributed by atoms with E-state index in [0.29, 0.717) is 11.7 Å². The van der Waals surface area contributed by atoms with E-state index in [1.165, 1.54) is 16.8 Å². The number of ether oxygens (including phenoxy) is 1. The Bertz CT molecular complexity index is 885. The van der Waals surface area contributed by atoms with Crippen molar-refractivity contribution >= 4 is 5.91 Å². The van der Waals surface area contributed by atoms with Gasteiger partial charge in [0.25, 0.3) is 11.5 Å². The van der Waals surface area contributed by atoms with Gasteiger partial charge in [0.15, 0.2) is 0 Å². The average molecular weight is 397 g/mol. The number of carbonyl (C=O) groups excluding carboxylic acids is 1. The van der Waals surface area contributed by atoms with Gasteiger partial charge in [0.1, 0.15) is 17.5 Å². The summed E-state index contributed by atoms with van der Waals surface area (Å²) in [4.78, 5) is 32.6. The molecular weight excluding hydrogens is 370 g/mol. The van der Waals surface area contributed by atoms with Crippen LogP contribution in [0.1, 0.15) is 36.2 Å². The summed E-state index contributed by atoms with van der Waals surface area (Å²) in [5.74, 6) is 0.792. The van der Waals surface area contributed by atoms with E-state index in [1.54, 1.807) is 19.4 Å². The highest BCUT2D eigenvalue weighted by Gasteiger charge is 2.30. The molecule has 2 fully saturated rings. The van der Waals surface area contributed by atoms with Crippen LogP contribution in [-0.4, -0.2) is 68.8 Å². The third-order valence-electron chi connectivity index (χ3n) is 5.88. The fraction of sp³-hybridized carbons (Fsp3) is 0.524. The van der Waals surface area contributed by atoms with Crippen LogP contribution in [0.2, 0.25) is 0 Å². The molecule has 0 spiro atoms. The number of hydrogen-bond donors (Lipinski definition) is 0. The molecule has 4 heterocycles. The van der Waals surface area contributed by atoms with Crippen LogP contribution in [0.4, 0.5) is 0 Å². The largest absolute Gasteiger partial charge is 0.490 e. The first-order valence-corrected chi connectivity index (χ1v) is 10.2. The van der Waals surface area contributed by atoms with Crippen LogP contribution in [-0.2, 0) is 7.05 Å². The molecule has 1 amide bonds. The Kier molecular flexibility index (Phi) is 5.89. The van der Waals surface area contributed by atoms with Gasteiger partial charge in [-0.1, -0.05) is 0 Å². The quantitative estimate of drug-likeness (QED) is 0.774. The molecule has 0 N–H and O–H groups in total. The molecule has 29 heavy (non-hydrogen) atoms. The SMILES string of the molecule is Cn1nc(C(=O)N2CCC(N3CCC(Oc4ccncc4)CC3)CC2)ccc1=O. The number of carbonyl (C=O) groups is 1. The number of amides is 1. The molecule has 2 aromatic heterocycles. The molecule has 2 aliphatic rings. The van der Waals surface area contributed by atoms with Gasteiger partial charge in [-0.25, -0.2) is 4.68 Å². The molecule has 0 saturated carbocycles. The van der Waals surface area contributed by atoms with Gasteiger partial charge < -0.3 is 9.64 Å². The summed E-state index contributed by atoms with van der Waals surface area (Å²) in [7, 11) is 1.56. The molecule has 2 saturated heterocycles. The molecule has 0 aromatic carbocycles. The maximum Gasteiger partial charge on any atom is 0.274 e. The van der Waals surface area contributed by atoms with E-state index in [4.69, 9.17) is 4.74 Å². The Morgan fingerprint density at radius 2 is 1.69 bits per heavy atom. The lowest BCUT2D eigenvalue weighted by Gasteiger charge is -2.41. The van der Waals surface area contributed by atoms with Gasteiger partial charge in [-0.2, -0.15) is 5.10 Å². The van der Waals surface area contributed by atoms with E-state index in [1.807, 2.05) is 17.0 Å². The summed E-state index contributed by atoms with van der Waals surface area (Å²) >= 11 is 0. The molecule has 2 aliphatic heterocycles. The van der Waals surface area contributed by atoms with E-state index >= 15 is 0 Å². The first-order chi connectivity index (χ1) is 14.1. The lowest BCUT2D eigenvalue weighted by molar-refractivity contribution is 0.0421. The van der Waals surface area contributed by atoms with Crippen molar-refractivity contribution < 1.29 is 9.53 Å². The molecule has 2 aromatic rings. The van der Waals surface area contributed by atoms with Gasteiger partial charge in [0.05, 0.1) is 0 Å². The Labute approximate surface area is 170 Å². The first kappa shape index (κ1) is 19.6. The van der Waals surface area contributed by atoms with Crippen molar-refractivity contribution in [3.05, 3.63) is 52.7 Å². The second kappa shape index (κ2) is 8.73. The van der Waals surface area contributed by atoms with Gasteiger partial charge in [0.2, 0.25) is 0 Å². The minimum atomic E-state index is -0.212. The Hall–Kier alpha value is -2.74. The molecule has 0 unspecified atom stereocenters.